The smallest absolute Gasteiger partial charge is 0.243 e. The predicted octanol–water partition coefficient (Wildman–Crippen LogP) is 2.09. The zero-order valence-corrected chi connectivity index (χ0v) is 13.6. The van der Waals surface area contributed by atoms with Gasteiger partial charge < -0.3 is 14.6 Å². The summed E-state index contributed by atoms with van der Waals surface area (Å²) >= 11 is 0. The molecule has 1 atom stereocenters. The Kier molecular flexibility index (Phi) is 5.57. The van der Waals surface area contributed by atoms with Crippen LogP contribution < -0.4 is 5.32 Å². The number of hydrogen-bond donors (Lipinski definition) is 1. The zero-order chi connectivity index (χ0) is 16.1. The minimum Gasteiger partial charge on any atom is -0.444 e. The number of carbonyl (C=O) groups excluding carboxylic acids is 2. The number of nitrogens with one attached hydrogen (secondary N) is 1. The maximum atomic E-state index is 12.4. The summed E-state index contributed by atoms with van der Waals surface area (Å²) in [6.07, 6.45) is 3.98. The molecule has 22 heavy (non-hydrogen) atoms. The Bertz CT molecular complexity index is 519. The van der Waals surface area contributed by atoms with E-state index in [1.165, 1.54) is 0 Å². The van der Waals surface area contributed by atoms with Crippen molar-refractivity contribution in [3.63, 3.8) is 0 Å². The van der Waals surface area contributed by atoms with Gasteiger partial charge in [0.15, 0.2) is 0 Å². The maximum Gasteiger partial charge on any atom is 0.243 e. The summed E-state index contributed by atoms with van der Waals surface area (Å²) in [6.45, 7) is 6.63. The van der Waals surface area contributed by atoms with Crippen LogP contribution in [-0.2, 0) is 16.1 Å². The van der Waals surface area contributed by atoms with E-state index in [9.17, 15) is 9.59 Å². The SMILES string of the molecule is CCCC(=O)N1CCCCC1C(=O)NCc1nc(C)c(C)o1. The van der Waals surface area contributed by atoms with Crippen LogP contribution >= 0.6 is 0 Å². The molecule has 0 aromatic carbocycles. The van der Waals surface area contributed by atoms with Gasteiger partial charge in [0.05, 0.1) is 12.2 Å². The molecule has 1 N–H and O–H groups in total. The van der Waals surface area contributed by atoms with E-state index in [1.807, 2.05) is 20.8 Å². The van der Waals surface area contributed by atoms with Crippen molar-refractivity contribution in [2.24, 2.45) is 0 Å². The van der Waals surface area contributed by atoms with Crippen LogP contribution in [0.1, 0.15) is 56.4 Å². The van der Waals surface area contributed by atoms with Crippen LogP contribution in [0.25, 0.3) is 0 Å². The largest absolute Gasteiger partial charge is 0.444 e. The first kappa shape index (κ1) is 16.5. The third-order valence-corrected chi connectivity index (χ3v) is 4.08. The number of aromatic nitrogens is 1. The first-order valence-corrected chi connectivity index (χ1v) is 8.03. The lowest BCUT2D eigenvalue weighted by Crippen LogP contribution is -2.51. The molecule has 0 spiro atoms. The third-order valence-electron chi connectivity index (χ3n) is 4.08. The van der Waals surface area contributed by atoms with Crippen molar-refractivity contribution >= 4 is 11.8 Å². The maximum absolute atomic E-state index is 12.4. The van der Waals surface area contributed by atoms with Gasteiger partial charge in [0, 0.05) is 13.0 Å². The number of piperidine rings is 1. The molecule has 6 heteroatoms. The second kappa shape index (κ2) is 7.42. The summed E-state index contributed by atoms with van der Waals surface area (Å²) in [5.74, 6) is 1.23. The Labute approximate surface area is 131 Å². The van der Waals surface area contributed by atoms with E-state index in [1.54, 1.807) is 4.90 Å². The van der Waals surface area contributed by atoms with E-state index < -0.39 is 0 Å². The van der Waals surface area contributed by atoms with E-state index in [2.05, 4.69) is 10.3 Å². The Morgan fingerprint density at radius 2 is 2.14 bits per heavy atom. The molecule has 2 rings (SSSR count). The van der Waals surface area contributed by atoms with Crippen LogP contribution in [0.4, 0.5) is 0 Å². The van der Waals surface area contributed by atoms with Gasteiger partial charge in [0.1, 0.15) is 11.8 Å². The Balaban J connectivity index is 1.95. The number of oxazole rings is 1. The van der Waals surface area contributed by atoms with Gasteiger partial charge >= 0.3 is 0 Å². The molecule has 0 radical (unpaired) electrons. The topological polar surface area (TPSA) is 75.4 Å². The Morgan fingerprint density at radius 1 is 1.36 bits per heavy atom. The first-order chi connectivity index (χ1) is 10.5. The average molecular weight is 307 g/mol. The Hall–Kier alpha value is -1.85. The van der Waals surface area contributed by atoms with Crippen molar-refractivity contribution in [2.45, 2.75) is 65.5 Å². The van der Waals surface area contributed by atoms with Crippen LogP contribution in [0, 0.1) is 13.8 Å². The zero-order valence-electron chi connectivity index (χ0n) is 13.6. The minimum atomic E-state index is -0.357. The molecule has 1 aliphatic heterocycles. The molecule has 1 aromatic heterocycles. The monoisotopic (exact) mass is 307 g/mol. The van der Waals surface area contributed by atoms with Crippen molar-refractivity contribution < 1.29 is 14.0 Å². The summed E-state index contributed by atoms with van der Waals surface area (Å²) in [7, 11) is 0. The van der Waals surface area contributed by atoms with Crippen LogP contribution in [0.15, 0.2) is 4.42 Å². The number of hydrogen-bond acceptors (Lipinski definition) is 4. The van der Waals surface area contributed by atoms with E-state index in [0.717, 1.165) is 37.1 Å². The van der Waals surface area contributed by atoms with E-state index in [0.29, 0.717) is 18.9 Å². The highest BCUT2D eigenvalue weighted by molar-refractivity contribution is 5.87. The molecule has 1 fully saturated rings. The first-order valence-electron chi connectivity index (χ1n) is 8.03. The molecule has 0 aliphatic carbocycles. The summed E-state index contributed by atoms with van der Waals surface area (Å²) in [4.78, 5) is 30.5. The number of carbonyl (C=O) groups is 2. The van der Waals surface area contributed by atoms with Gasteiger partial charge in [-0.2, -0.15) is 0 Å². The molecule has 1 saturated heterocycles. The molecule has 0 saturated carbocycles. The molecule has 2 heterocycles. The highest BCUT2D eigenvalue weighted by atomic mass is 16.4. The lowest BCUT2D eigenvalue weighted by molar-refractivity contribution is -0.142. The van der Waals surface area contributed by atoms with Gasteiger partial charge in [-0.3, -0.25) is 9.59 Å². The molecule has 122 valence electrons. The molecule has 0 bridgehead atoms. The van der Waals surface area contributed by atoms with E-state index in [-0.39, 0.29) is 24.4 Å². The molecular formula is C16H25N3O3. The highest BCUT2D eigenvalue weighted by Crippen LogP contribution is 2.19. The van der Waals surface area contributed by atoms with Crippen LogP contribution in [0.3, 0.4) is 0 Å². The average Bonchev–Trinajstić information content (AvgIpc) is 2.83. The lowest BCUT2D eigenvalue weighted by atomic mass is 10.0. The van der Waals surface area contributed by atoms with Crippen LogP contribution in [0.5, 0.6) is 0 Å². The number of rotatable bonds is 5. The molecule has 1 unspecified atom stereocenters. The van der Waals surface area contributed by atoms with Gasteiger partial charge in [0.25, 0.3) is 0 Å². The fraction of sp³-hybridized carbons (Fsp3) is 0.688. The van der Waals surface area contributed by atoms with Crippen molar-refractivity contribution in [3.05, 3.63) is 17.3 Å². The summed E-state index contributed by atoms with van der Waals surface area (Å²) < 4.78 is 5.46. The number of likely N-dealkylation sites (tertiary alicyclic amines) is 1. The van der Waals surface area contributed by atoms with E-state index in [4.69, 9.17) is 4.42 Å². The summed E-state index contributed by atoms with van der Waals surface area (Å²) in [6, 6.07) is -0.357. The lowest BCUT2D eigenvalue weighted by Gasteiger charge is -2.34. The quantitative estimate of drug-likeness (QED) is 0.903. The van der Waals surface area contributed by atoms with Crippen molar-refractivity contribution in [1.29, 1.82) is 0 Å². The van der Waals surface area contributed by atoms with Crippen molar-refractivity contribution in [1.82, 2.24) is 15.2 Å². The third kappa shape index (κ3) is 3.87. The minimum absolute atomic E-state index is 0.0742. The van der Waals surface area contributed by atoms with Crippen molar-refractivity contribution in [3.8, 4) is 0 Å². The molecule has 1 aliphatic rings. The van der Waals surface area contributed by atoms with Gasteiger partial charge in [0.2, 0.25) is 17.7 Å². The van der Waals surface area contributed by atoms with Gasteiger partial charge in [-0.1, -0.05) is 6.92 Å². The normalized spacial score (nSPS) is 18.3. The molecule has 2 amide bonds. The second-order valence-electron chi connectivity index (χ2n) is 5.82. The van der Waals surface area contributed by atoms with Gasteiger partial charge in [-0.25, -0.2) is 4.98 Å². The number of aryl methyl sites for hydroxylation is 2. The highest BCUT2D eigenvalue weighted by Gasteiger charge is 2.31. The van der Waals surface area contributed by atoms with Crippen LogP contribution in [0.2, 0.25) is 0 Å². The Morgan fingerprint density at radius 3 is 2.77 bits per heavy atom. The van der Waals surface area contributed by atoms with Crippen LogP contribution in [-0.4, -0.2) is 34.3 Å². The predicted molar refractivity (Wildman–Crippen MR) is 82.1 cm³/mol. The molecular weight excluding hydrogens is 282 g/mol. The van der Waals surface area contributed by atoms with Gasteiger partial charge in [-0.05, 0) is 39.5 Å². The van der Waals surface area contributed by atoms with Gasteiger partial charge in [-0.15, -0.1) is 0 Å². The number of nitrogens with zero attached hydrogens (tertiary/aromatic N) is 2. The molecule has 1 aromatic rings. The fourth-order valence-corrected chi connectivity index (χ4v) is 2.76. The molecule has 6 nitrogen and oxygen atoms in total. The van der Waals surface area contributed by atoms with Crippen molar-refractivity contribution in [2.75, 3.05) is 6.54 Å². The van der Waals surface area contributed by atoms with E-state index >= 15 is 0 Å². The summed E-state index contributed by atoms with van der Waals surface area (Å²) in [5.41, 5.74) is 0.835. The fourth-order valence-electron chi connectivity index (χ4n) is 2.76. The summed E-state index contributed by atoms with van der Waals surface area (Å²) in [5, 5.41) is 2.85. The number of amides is 2. The standard InChI is InChI=1S/C16H25N3O3/c1-4-7-15(20)19-9-6-5-8-13(19)16(21)17-10-14-18-11(2)12(3)22-14/h13H,4-10H2,1-3H3,(H,17,21). The second-order valence-corrected chi connectivity index (χ2v) is 5.82.